The number of unbranched alkanes of at least 4 members (excludes halogenated alkanes) is 5. The van der Waals surface area contributed by atoms with Crippen molar-refractivity contribution in [2.75, 3.05) is 57.9 Å². The summed E-state index contributed by atoms with van der Waals surface area (Å²) < 4.78 is 49.2. The lowest BCUT2D eigenvalue weighted by molar-refractivity contribution is -0.914. The Bertz CT molecular complexity index is 1830. The SMILES string of the molecule is CCOc1cc(OCC)cc(-n2cc(C(=O)N(CC)c3cc(F)cc(F)c3)c(=O)c3ccc(OCCCCCCCC[N+]4(C)CCCCC4)cc32)c1.[Cl-]. The highest BCUT2D eigenvalue weighted by Crippen LogP contribution is 2.30. The van der Waals surface area contributed by atoms with Gasteiger partial charge in [-0.25, -0.2) is 8.78 Å². The number of fused-ring (bicyclic) bond motifs is 1. The van der Waals surface area contributed by atoms with Gasteiger partial charge in [0.05, 0.1) is 57.7 Å². The van der Waals surface area contributed by atoms with Crippen molar-refractivity contribution in [1.82, 2.24) is 4.57 Å². The van der Waals surface area contributed by atoms with Crippen LogP contribution in [0.25, 0.3) is 16.6 Å². The molecule has 0 aliphatic carbocycles. The highest BCUT2D eigenvalue weighted by atomic mass is 35.5. The molecule has 4 aromatic rings. The lowest BCUT2D eigenvalue weighted by Crippen LogP contribution is -3.00. The number of benzene rings is 3. The number of hydrogen-bond donors (Lipinski definition) is 0. The molecule has 53 heavy (non-hydrogen) atoms. The van der Waals surface area contributed by atoms with E-state index in [4.69, 9.17) is 14.2 Å². The maximum absolute atomic E-state index is 14.2. The number of amides is 1. The Hall–Kier alpha value is -4.15. The normalized spacial score (nSPS) is 13.7. The van der Waals surface area contributed by atoms with Gasteiger partial charge in [0.2, 0.25) is 5.43 Å². The lowest BCUT2D eigenvalue weighted by atomic mass is 10.1. The number of rotatable bonds is 18. The summed E-state index contributed by atoms with van der Waals surface area (Å²) in [5.74, 6) is -0.595. The summed E-state index contributed by atoms with van der Waals surface area (Å²) in [4.78, 5) is 29.2. The van der Waals surface area contributed by atoms with Gasteiger partial charge in [0.25, 0.3) is 5.91 Å². The van der Waals surface area contributed by atoms with Crippen LogP contribution in [-0.2, 0) is 0 Å². The molecule has 0 bridgehead atoms. The van der Waals surface area contributed by atoms with E-state index in [2.05, 4.69) is 7.05 Å². The molecule has 0 radical (unpaired) electrons. The molecule has 0 atom stereocenters. The van der Waals surface area contributed by atoms with Gasteiger partial charge in [-0.3, -0.25) is 9.59 Å². The minimum absolute atomic E-state index is 0. The number of quaternary nitrogens is 1. The average molecular weight is 754 g/mol. The first-order valence-corrected chi connectivity index (χ1v) is 19.0. The molecule has 0 saturated carbocycles. The van der Waals surface area contributed by atoms with Crippen molar-refractivity contribution in [2.45, 2.75) is 78.6 Å². The number of pyridine rings is 1. The number of likely N-dealkylation sites (tertiary alicyclic amines) is 1. The molecule has 0 spiro atoms. The molecule has 2 heterocycles. The summed E-state index contributed by atoms with van der Waals surface area (Å²) in [6.45, 7) is 10.9. The summed E-state index contributed by atoms with van der Waals surface area (Å²) in [6, 6.07) is 13.5. The van der Waals surface area contributed by atoms with Crippen LogP contribution in [0.5, 0.6) is 17.2 Å². The number of nitrogens with zero attached hydrogens (tertiary/aromatic N) is 3. The largest absolute Gasteiger partial charge is 1.00 e. The van der Waals surface area contributed by atoms with Crippen molar-refractivity contribution < 1.29 is 44.7 Å². The number of carbonyl (C=O) groups excluding carboxylic acids is 1. The first-order valence-electron chi connectivity index (χ1n) is 19.0. The Morgan fingerprint density at radius 3 is 2.02 bits per heavy atom. The Morgan fingerprint density at radius 1 is 0.774 bits per heavy atom. The summed E-state index contributed by atoms with van der Waals surface area (Å²) in [7, 11) is 2.41. The third-order valence-electron chi connectivity index (χ3n) is 9.95. The molecule has 288 valence electrons. The zero-order chi connectivity index (χ0) is 37.1. The van der Waals surface area contributed by atoms with E-state index < -0.39 is 23.0 Å². The fourth-order valence-electron chi connectivity index (χ4n) is 7.23. The first kappa shape index (κ1) is 41.6. The van der Waals surface area contributed by atoms with Gasteiger partial charge in [-0.2, -0.15) is 0 Å². The third-order valence-corrected chi connectivity index (χ3v) is 9.95. The number of halogens is 3. The van der Waals surface area contributed by atoms with Gasteiger partial charge in [0.15, 0.2) is 0 Å². The fourth-order valence-corrected chi connectivity index (χ4v) is 7.23. The summed E-state index contributed by atoms with van der Waals surface area (Å²) in [5, 5.41) is 0.292. The molecule has 5 rings (SSSR count). The minimum Gasteiger partial charge on any atom is -1.00 e. The van der Waals surface area contributed by atoms with E-state index in [1.807, 2.05) is 32.0 Å². The second-order valence-electron chi connectivity index (χ2n) is 13.9. The molecule has 3 aromatic carbocycles. The van der Waals surface area contributed by atoms with Gasteiger partial charge in [-0.1, -0.05) is 19.3 Å². The van der Waals surface area contributed by atoms with Crippen LogP contribution in [-0.4, -0.2) is 68.0 Å². The molecule has 1 amide bonds. The third kappa shape index (κ3) is 10.9. The van der Waals surface area contributed by atoms with Gasteiger partial charge in [-0.15, -0.1) is 0 Å². The number of anilines is 1. The zero-order valence-corrected chi connectivity index (χ0v) is 32.4. The number of aromatic nitrogens is 1. The van der Waals surface area contributed by atoms with E-state index in [1.165, 1.54) is 80.2 Å². The summed E-state index contributed by atoms with van der Waals surface area (Å²) in [5.41, 5.74) is 0.492. The summed E-state index contributed by atoms with van der Waals surface area (Å²) in [6.07, 6.45) is 12.6. The Kier molecular flexibility index (Phi) is 15.5. The monoisotopic (exact) mass is 753 g/mol. The van der Waals surface area contributed by atoms with Crippen LogP contribution >= 0.6 is 0 Å². The van der Waals surface area contributed by atoms with Crippen molar-refractivity contribution in [3.63, 3.8) is 0 Å². The molecule has 0 N–H and O–H groups in total. The molecule has 1 aliphatic rings. The number of carbonyl (C=O) groups is 1. The van der Waals surface area contributed by atoms with E-state index in [9.17, 15) is 18.4 Å². The van der Waals surface area contributed by atoms with Gasteiger partial charge >= 0.3 is 0 Å². The molecular formula is C42H54ClF2N3O5. The van der Waals surface area contributed by atoms with Gasteiger partial charge in [-0.05, 0) is 83.6 Å². The molecule has 11 heteroatoms. The number of ether oxygens (including phenoxy) is 3. The highest BCUT2D eigenvalue weighted by molar-refractivity contribution is 6.07. The smallest absolute Gasteiger partial charge is 0.263 e. The van der Waals surface area contributed by atoms with Crippen LogP contribution in [0.15, 0.2) is 65.6 Å². The Labute approximate surface area is 318 Å². The second kappa shape index (κ2) is 19.8. The first-order chi connectivity index (χ1) is 25.1. The van der Waals surface area contributed by atoms with Crippen LogP contribution in [0.3, 0.4) is 0 Å². The van der Waals surface area contributed by atoms with Gasteiger partial charge in [0, 0.05) is 54.1 Å². The standard InChI is InChI=1S/C42H54F2N3O5.ClH/c1-5-45(33-24-31(43)23-32(44)25-33)42(49)39-30-46(34-26-36(50-6-2)28-37(27-34)51-7-3)40-29-35(17-18-38(40)41(39)48)52-22-16-11-9-8-10-13-19-47(4)20-14-12-15-21-47;/h17-18,23-30H,5-16,19-22H2,1-4H3;1H/q+1;/p-1. The van der Waals surface area contributed by atoms with Gasteiger partial charge in [0.1, 0.15) is 34.4 Å². The molecule has 1 saturated heterocycles. The minimum atomic E-state index is -0.820. The van der Waals surface area contributed by atoms with E-state index >= 15 is 0 Å². The van der Waals surface area contributed by atoms with Gasteiger partial charge < -0.3 is 40.6 Å². The maximum atomic E-state index is 14.2. The Balaban J connectivity index is 0.00000627. The van der Waals surface area contributed by atoms with Crippen LogP contribution < -0.4 is 36.9 Å². The Morgan fingerprint density at radius 2 is 1.40 bits per heavy atom. The van der Waals surface area contributed by atoms with Crippen molar-refractivity contribution in [2.24, 2.45) is 0 Å². The predicted molar refractivity (Wildman–Crippen MR) is 203 cm³/mol. The lowest BCUT2D eigenvalue weighted by Gasteiger charge is -2.37. The molecule has 8 nitrogen and oxygen atoms in total. The second-order valence-corrected chi connectivity index (χ2v) is 13.9. The van der Waals surface area contributed by atoms with E-state index in [0.717, 1.165) is 31.0 Å². The molecule has 1 fully saturated rings. The number of piperidine rings is 1. The molecule has 1 aromatic heterocycles. The van der Waals surface area contributed by atoms with E-state index in [1.54, 1.807) is 29.7 Å². The van der Waals surface area contributed by atoms with Crippen LogP contribution in [0, 0.1) is 11.6 Å². The number of hydrogen-bond acceptors (Lipinski definition) is 5. The average Bonchev–Trinajstić information content (AvgIpc) is 3.11. The summed E-state index contributed by atoms with van der Waals surface area (Å²) >= 11 is 0. The van der Waals surface area contributed by atoms with Crippen molar-refractivity contribution >= 4 is 22.5 Å². The van der Waals surface area contributed by atoms with Crippen molar-refractivity contribution in [3.05, 3.63) is 88.2 Å². The maximum Gasteiger partial charge on any atom is 0.263 e. The van der Waals surface area contributed by atoms with Crippen LogP contribution in [0.2, 0.25) is 0 Å². The van der Waals surface area contributed by atoms with Crippen LogP contribution in [0.4, 0.5) is 14.5 Å². The highest BCUT2D eigenvalue weighted by Gasteiger charge is 2.25. The quantitative estimate of drug-likeness (QED) is 0.0910. The zero-order valence-electron chi connectivity index (χ0n) is 31.6. The van der Waals surface area contributed by atoms with Crippen molar-refractivity contribution in [3.8, 4) is 22.9 Å². The molecule has 0 unspecified atom stereocenters. The molecular weight excluding hydrogens is 700 g/mol. The fraction of sp³-hybridized carbons (Fsp3) is 0.476. The predicted octanol–water partition coefficient (Wildman–Crippen LogP) is 6.09. The molecule has 1 aliphatic heterocycles. The van der Waals surface area contributed by atoms with Crippen molar-refractivity contribution in [1.29, 1.82) is 0 Å². The topological polar surface area (TPSA) is 70.0 Å². The van der Waals surface area contributed by atoms with E-state index in [-0.39, 0.29) is 30.2 Å². The van der Waals surface area contributed by atoms with Crippen LogP contribution in [0.1, 0.15) is 88.9 Å². The van der Waals surface area contributed by atoms with E-state index in [0.29, 0.717) is 53.7 Å².